The summed E-state index contributed by atoms with van der Waals surface area (Å²) in [4.78, 5) is 2.53. The van der Waals surface area contributed by atoms with Gasteiger partial charge >= 0.3 is 0 Å². The van der Waals surface area contributed by atoms with E-state index in [4.69, 9.17) is 0 Å². The quantitative estimate of drug-likeness (QED) is 0.670. The number of likely N-dealkylation sites (tertiary alicyclic amines) is 1. The minimum Gasteiger partial charge on any atom is -0.392 e. The number of rotatable bonds is 2. The monoisotopic (exact) mass is 198 g/mol. The third kappa shape index (κ3) is 2.27. The Hall–Kier alpha value is -0.120. The lowest BCUT2D eigenvalue weighted by Gasteiger charge is -2.20. The topological polar surface area (TPSA) is 35.5 Å². The van der Waals surface area contributed by atoms with Gasteiger partial charge in [-0.1, -0.05) is 13.8 Å². The van der Waals surface area contributed by atoms with Crippen molar-refractivity contribution in [3.05, 3.63) is 0 Å². The van der Waals surface area contributed by atoms with Crippen molar-refractivity contribution in [1.82, 2.24) is 10.2 Å². The lowest BCUT2D eigenvalue weighted by molar-refractivity contribution is 0.189. The predicted octanol–water partition coefficient (Wildman–Crippen LogP) is 0.297. The number of aliphatic hydroxyl groups is 1. The molecule has 0 amide bonds. The van der Waals surface area contributed by atoms with Crippen LogP contribution in [0.1, 0.15) is 20.3 Å². The van der Waals surface area contributed by atoms with E-state index in [1.807, 2.05) is 0 Å². The van der Waals surface area contributed by atoms with Crippen LogP contribution in [0.3, 0.4) is 0 Å². The minimum absolute atomic E-state index is 0.113. The molecule has 4 atom stereocenters. The molecule has 3 nitrogen and oxygen atoms in total. The van der Waals surface area contributed by atoms with Crippen molar-refractivity contribution in [2.75, 3.05) is 26.2 Å². The first-order valence-electron chi connectivity index (χ1n) is 5.79. The molecule has 82 valence electrons. The van der Waals surface area contributed by atoms with Crippen molar-refractivity contribution in [2.45, 2.75) is 32.4 Å². The van der Waals surface area contributed by atoms with E-state index in [1.54, 1.807) is 0 Å². The molecule has 2 aliphatic heterocycles. The first-order valence-corrected chi connectivity index (χ1v) is 5.79. The number of aliphatic hydroxyl groups excluding tert-OH is 1. The van der Waals surface area contributed by atoms with Gasteiger partial charge in [0.05, 0.1) is 6.10 Å². The molecular formula is C11H22N2O. The molecule has 0 spiro atoms. The molecule has 2 N–H and O–H groups in total. The molecular weight excluding hydrogens is 176 g/mol. The second-order valence-corrected chi connectivity index (χ2v) is 5.17. The summed E-state index contributed by atoms with van der Waals surface area (Å²) >= 11 is 0. The van der Waals surface area contributed by atoms with E-state index in [0.717, 1.165) is 31.3 Å². The third-order valence-electron chi connectivity index (χ3n) is 3.74. The van der Waals surface area contributed by atoms with Crippen LogP contribution >= 0.6 is 0 Å². The van der Waals surface area contributed by atoms with Gasteiger partial charge in [-0.05, 0) is 18.3 Å². The first-order chi connectivity index (χ1) is 6.65. The lowest BCUT2D eigenvalue weighted by Crippen LogP contribution is -2.36. The van der Waals surface area contributed by atoms with E-state index >= 15 is 0 Å². The molecule has 2 aliphatic rings. The zero-order chi connectivity index (χ0) is 10.1. The van der Waals surface area contributed by atoms with Gasteiger partial charge in [-0.25, -0.2) is 0 Å². The van der Waals surface area contributed by atoms with Gasteiger partial charge < -0.3 is 15.3 Å². The minimum atomic E-state index is -0.113. The summed E-state index contributed by atoms with van der Waals surface area (Å²) in [7, 11) is 0. The maximum atomic E-state index is 9.40. The van der Waals surface area contributed by atoms with E-state index < -0.39 is 0 Å². The number of β-amino-alcohol motifs (C(OH)–C–C–N with tert-alkyl or cyclic N) is 1. The SMILES string of the molecule is CC1CN(CC2CC(O)CN2)CC1C. The van der Waals surface area contributed by atoms with Gasteiger partial charge in [0.25, 0.3) is 0 Å². The number of hydrogen-bond donors (Lipinski definition) is 2. The summed E-state index contributed by atoms with van der Waals surface area (Å²) in [5, 5.41) is 12.8. The van der Waals surface area contributed by atoms with Crippen molar-refractivity contribution in [2.24, 2.45) is 11.8 Å². The van der Waals surface area contributed by atoms with Crippen LogP contribution in [0, 0.1) is 11.8 Å². The van der Waals surface area contributed by atoms with Crippen molar-refractivity contribution in [3.63, 3.8) is 0 Å². The fourth-order valence-corrected chi connectivity index (χ4v) is 2.65. The average molecular weight is 198 g/mol. The first kappa shape index (κ1) is 10.4. The van der Waals surface area contributed by atoms with Crippen LogP contribution in [0.25, 0.3) is 0 Å². The number of nitrogens with one attached hydrogen (secondary N) is 1. The van der Waals surface area contributed by atoms with Crippen LogP contribution in [-0.4, -0.2) is 48.3 Å². The Balaban J connectivity index is 1.76. The summed E-state index contributed by atoms with van der Waals surface area (Å²) < 4.78 is 0. The summed E-state index contributed by atoms with van der Waals surface area (Å²) in [6, 6.07) is 0.516. The molecule has 0 aromatic rings. The average Bonchev–Trinajstić information content (AvgIpc) is 2.62. The van der Waals surface area contributed by atoms with E-state index in [-0.39, 0.29) is 6.10 Å². The van der Waals surface area contributed by atoms with Crippen LogP contribution in [0.2, 0.25) is 0 Å². The largest absolute Gasteiger partial charge is 0.392 e. The van der Waals surface area contributed by atoms with Gasteiger partial charge in [-0.2, -0.15) is 0 Å². The summed E-state index contributed by atoms with van der Waals surface area (Å²) in [5.74, 6) is 1.67. The molecule has 0 saturated carbocycles. The van der Waals surface area contributed by atoms with Crippen LogP contribution in [0.4, 0.5) is 0 Å². The molecule has 2 saturated heterocycles. The van der Waals surface area contributed by atoms with Gasteiger partial charge in [0.2, 0.25) is 0 Å². The normalized spacial score (nSPS) is 44.8. The maximum absolute atomic E-state index is 9.40. The van der Waals surface area contributed by atoms with E-state index in [1.165, 1.54) is 13.1 Å². The Morgan fingerprint density at radius 3 is 2.43 bits per heavy atom. The smallest absolute Gasteiger partial charge is 0.0680 e. The van der Waals surface area contributed by atoms with Crippen molar-refractivity contribution in [3.8, 4) is 0 Å². The molecule has 2 fully saturated rings. The van der Waals surface area contributed by atoms with Crippen LogP contribution in [0.5, 0.6) is 0 Å². The third-order valence-corrected chi connectivity index (χ3v) is 3.74. The van der Waals surface area contributed by atoms with Gasteiger partial charge in [-0.15, -0.1) is 0 Å². The van der Waals surface area contributed by atoms with E-state index in [9.17, 15) is 5.11 Å². The molecule has 3 heteroatoms. The summed E-state index contributed by atoms with van der Waals surface area (Å²) in [6.45, 7) is 9.03. The van der Waals surface area contributed by atoms with Gasteiger partial charge in [-0.3, -0.25) is 0 Å². The second kappa shape index (κ2) is 4.17. The maximum Gasteiger partial charge on any atom is 0.0680 e. The van der Waals surface area contributed by atoms with Crippen molar-refractivity contribution >= 4 is 0 Å². The van der Waals surface area contributed by atoms with Gasteiger partial charge in [0.15, 0.2) is 0 Å². The molecule has 0 aliphatic carbocycles. The molecule has 0 aromatic heterocycles. The Labute approximate surface area is 86.5 Å². The zero-order valence-corrected chi connectivity index (χ0v) is 9.24. The molecule has 4 unspecified atom stereocenters. The highest BCUT2D eigenvalue weighted by atomic mass is 16.3. The molecule has 0 aromatic carbocycles. The molecule has 0 bridgehead atoms. The summed E-state index contributed by atoms with van der Waals surface area (Å²) in [5.41, 5.74) is 0. The Bertz CT molecular complexity index is 188. The molecule has 0 radical (unpaired) electrons. The molecule has 2 rings (SSSR count). The second-order valence-electron chi connectivity index (χ2n) is 5.17. The number of hydrogen-bond acceptors (Lipinski definition) is 3. The zero-order valence-electron chi connectivity index (χ0n) is 9.24. The number of nitrogens with zero attached hydrogens (tertiary/aromatic N) is 1. The Kier molecular flexibility index (Phi) is 3.10. The summed E-state index contributed by atoms with van der Waals surface area (Å²) in [6.07, 6.45) is 0.816. The lowest BCUT2D eigenvalue weighted by atomic mass is 10.0. The fourth-order valence-electron chi connectivity index (χ4n) is 2.65. The molecule has 2 heterocycles. The fraction of sp³-hybridized carbons (Fsp3) is 1.00. The van der Waals surface area contributed by atoms with Crippen LogP contribution in [0.15, 0.2) is 0 Å². The van der Waals surface area contributed by atoms with Gasteiger partial charge in [0, 0.05) is 32.2 Å². The van der Waals surface area contributed by atoms with Gasteiger partial charge in [0.1, 0.15) is 0 Å². The van der Waals surface area contributed by atoms with E-state index in [0.29, 0.717) is 6.04 Å². The van der Waals surface area contributed by atoms with Crippen LogP contribution < -0.4 is 5.32 Å². The Morgan fingerprint density at radius 2 is 1.93 bits per heavy atom. The highest BCUT2D eigenvalue weighted by Crippen LogP contribution is 2.22. The Morgan fingerprint density at radius 1 is 1.29 bits per heavy atom. The van der Waals surface area contributed by atoms with E-state index in [2.05, 4.69) is 24.1 Å². The van der Waals surface area contributed by atoms with Crippen LogP contribution in [-0.2, 0) is 0 Å². The predicted molar refractivity (Wildman–Crippen MR) is 57.2 cm³/mol. The standard InChI is InChI=1S/C11H22N2O/c1-8-5-13(6-9(8)2)7-10-3-11(14)4-12-10/h8-12,14H,3-7H2,1-2H3. The van der Waals surface area contributed by atoms with Crippen molar-refractivity contribution < 1.29 is 5.11 Å². The molecule has 14 heavy (non-hydrogen) atoms. The highest BCUT2D eigenvalue weighted by Gasteiger charge is 2.30. The van der Waals surface area contributed by atoms with Crippen molar-refractivity contribution in [1.29, 1.82) is 0 Å². The highest BCUT2D eigenvalue weighted by molar-refractivity contribution is 4.87.